The Morgan fingerprint density at radius 3 is 2.79 bits per heavy atom. The first-order valence-corrected chi connectivity index (χ1v) is 10.2. The van der Waals surface area contributed by atoms with Gasteiger partial charge in [-0.2, -0.15) is 5.10 Å². The molecule has 0 aromatic carbocycles. The highest BCUT2D eigenvalue weighted by atomic mass is 19.1. The molecule has 3 aromatic rings. The fourth-order valence-corrected chi connectivity index (χ4v) is 4.35. The highest BCUT2D eigenvalue weighted by molar-refractivity contribution is 6.00. The molecule has 0 unspecified atom stereocenters. The molecule has 0 atom stereocenters. The van der Waals surface area contributed by atoms with Crippen LogP contribution in [0.4, 0.5) is 10.1 Å². The molecule has 3 heterocycles. The minimum Gasteiger partial charge on any atom is -0.335 e. The Kier molecular flexibility index (Phi) is 3.85. The van der Waals surface area contributed by atoms with Gasteiger partial charge in [0.2, 0.25) is 0 Å². The molecule has 152 valence electrons. The maximum Gasteiger partial charge on any atom is 0.264 e. The van der Waals surface area contributed by atoms with Crippen LogP contribution < -0.4 is 4.90 Å². The van der Waals surface area contributed by atoms with Crippen molar-refractivity contribution in [2.45, 2.75) is 58.0 Å². The molecule has 2 N–H and O–H groups in total. The minimum absolute atomic E-state index is 0.270. The van der Waals surface area contributed by atoms with E-state index in [9.17, 15) is 9.18 Å². The Morgan fingerprint density at radius 2 is 2.07 bits per heavy atom. The Labute approximate surface area is 168 Å². The highest BCUT2D eigenvalue weighted by Crippen LogP contribution is 2.39. The molecular weight excluding hydrogens is 371 g/mol. The van der Waals surface area contributed by atoms with Gasteiger partial charge in [0.15, 0.2) is 17.1 Å². The van der Waals surface area contributed by atoms with Gasteiger partial charge in [0.05, 0.1) is 17.4 Å². The summed E-state index contributed by atoms with van der Waals surface area (Å²) in [5, 5.41) is 7.68. The summed E-state index contributed by atoms with van der Waals surface area (Å²) in [6.07, 6.45) is 5.93. The molecule has 2 aliphatic rings. The van der Waals surface area contributed by atoms with Crippen LogP contribution in [0, 0.1) is 5.41 Å². The average molecular weight is 396 g/mol. The molecule has 0 bridgehead atoms. The number of hydrogen-bond acceptors (Lipinski definition) is 4. The lowest BCUT2D eigenvalue weighted by Crippen LogP contribution is -2.49. The van der Waals surface area contributed by atoms with Crippen molar-refractivity contribution in [3.05, 3.63) is 23.5 Å². The standard InChI is InChI=1S/C21H25FN6O/c1-20(2)8-5-13-15(10-20)26-27-16(13)18-24-14-9-12(11-23-17(14)25-18)28(3)19(29)21(22)6-4-7-21/h9,11H,4-8,10H2,1-3H3,(H,26,27)(H,23,24,25). The quantitative estimate of drug-likeness (QED) is 0.706. The largest absolute Gasteiger partial charge is 0.335 e. The molecule has 1 amide bonds. The number of carbonyl (C=O) groups is 1. The van der Waals surface area contributed by atoms with Crippen molar-refractivity contribution in [3.8, 4) is 11.5 Å². The summed E-state index contributed by atoms with van der Waals surface area (Å²) in [4.78, 5) is 26.1. The second kappa shape index (κ2) is 6.11. The molecule has 2 aliphatic carbocycles. The van der Waals surface area contributed by atoms with E-state index in [1.807, 2.05) is 0 Å². The van der Waals surface area contributed by atoms with Gasteiger partial charge in [-0.05, 0) is 50.0 Å². The number of aromatic amines is 2. The van der Waals surface area contributed by atoms with Gasteiger partial charge in [-0.15, -0.1) is 0 Å². The number of alkyl halides is 1. The summed E-state index contributed by atoms with van der Waals surface area (Å²) in [5.74, 6) is 0.158. The molecule has 0 aliphatic heterocycles. The fraction of sp³-hybridized carbons (Fsp3) is 0.524. The molecule has 8 heteroatoms. The second-order valence-corrected chi connectivity index (χ2v) is 9.20. The molecule has 1 saturated carbocycles. The molecule has 0 saturated heterocycles. The number of halogens is 1. The van der Waals surface area contributed by atoms with E-state index in [-0.39, 0.29) is 5.41 Å². The number of nitrogens with one attached hydrogen (secondary N) is 2. The first-order chi connectivity index (χ1) is 13.8. The summed E-state index contributed by atoms with van der Waals surface area (Å²) in [7, 11) is 1.59. The number of amides is 1. The second-order valence-electron chi connectivity index (χ2n) is 9.20. The van der Waals surface area contributed by atoms with Crippen LogP contribution in [-0.4, -0.2) is 43.8 Å². The lowest BCUT2D eigenvalue weighted by atomic mass is 9.76. The number of rotatable bonds is 3. The topological polar surface area (TPSA) is 90.6 Å². The van der Waals surface area contributed by atoms with E-state index in [4.69, 9.17) is 0 Å². The minimum atomic E-state index is -1.73. The summed E-state index contributed by atoms with van der Waals surface area (Å²) < 4.78 is 14.5. The zero-order chi connectivity index (χ0) is 20.4. The van der Waals surface area contributed by atoms with Crippen LogP contribution in [-0.2, 0) is 17.6 Å². The van der Waals surface area contributed by atoms with Gasteiger partial charge in [0.1, 0.15) is 5.69 Å². The van der Waals surface area contributed by atoms with Crippen LogP contribution in [0.1, 0.15) is 50.8 Å². The van der Waals surface area contributed by atoms with E-state index < -0.39 is 11.6 Å². The van der Waals surface area contributed by atoms with Gasteiger partial charge in [-0.25, -0.2) is 14.4 Å². The maximum absolute atomic E-state index is 14.5. The van der Waals surface area contributed by atoms with Gasteiger partial charge < -0.3 is 9.88 Å². The summed E-state index contributed by atoms with van der Waals surface area (Å²) in [6, 6.07) is 1.79. The van der Waals surface area contributed by atoms with Crippen molar-refractivity contribution in [1.82, 2.24) is 25.1 Å². The first-order valence-electron chi connectivity index (χ1n) is 10.2. The smallest absolute Gasteiger partial charge is 0.264 e. The number of H-pyrrole nitrogens is 2. The van der Waals surface area contributed by atoms with E-state index in [1.165, 1.54) is 16.2 Å². The van der Waals surface area contributed by atoms with E-state index in [1.54, 1.807) is 19.3 Å². The number of hydrogen-bond donors (Lipinski definition) is 2. The number of fused-ring (bicyclic) bond motifs is 2. The van der Waals surface area contributed by atoms with Crippen LogP contribution >= 0.6 is 0 Å². The van der Waals surface area contributed by atoms with E-state index in [2.05, 4.69) is 39.0 Å². The lowest BCUT2D eigenvalue weighted by molar-refractivity contribution is -0.135. The molecule has 0 radical (unpaired) electrons. The Hall–Kier alpha value is -2.77. The van der Waals surface area contributed by atoms with Gasteiger partial charge in [0, 0.05) is 18.3 Å². The SMILES string of the molecule is CN(C(=O)C1(F)CCC1)c1cnc2nc(-c3n[nH]c4c3CCC(C)(C)C4)[nH]c2c1. The molecule has 3 aromatic heterocycles. The van der Waals surface area contributed by atoms with Crippen LogP contribution in [0.2, 0.25) is 0 Å². The van der Waals surface area contributed by atoms with Crippen LogP contribution in [0.15, 0.2) is 12.3 Å². The van der Waals surface area contributed by atoms with Gasteiger partial charge in [0.25, 0.3) is 5.91 Å². The highest BCUT2D eigenvalue weighted by Gasteiger charge is 2.46. The summed E-state index contributed by atoms with van der Waals surface area (Å²) in [6.45, 7) is 4.54. The molecule has 7 nitrogen and oxygen atoms in total. The van der Waals surface area contributed by atoms with E-state index in [0.717, 1.165) is 31.4 Å². The van der Waals surface area contributed by atoms with Crippen molar-refractivity contribution in [1.29, 1.82) is 0 Å². The Balaban J connectivity index is 1.46. The third-order valence-electron chi connectivity index (χ3n) is 6.43. The van der Waals surface area contributed by atoms with Crippen molar-refractivity contribution >= 4 is 22.8 Å². The molecule has 1 fully saturated rings. The zero-order valence-electron chi connectivity index (χ0n) is 17.0. The van der Waals surface area contributed by atoms with Crippen LogP contribution in [0.3, 0.4) is 0 Å². The number of anilines is 1. The van der Waals surface area contributed by atoms with Crippen LogP contribution in [0.5, 0.6) is 0 Å². The van der Waals surface area contributed by atoms with Gasteiger partial charge >= 0.3 is 0 Å². The van der Waals surface area contributed by atoms with E-state index in [0.29, 0.717) is 35.5 Å². The van der Waals surface area contributed by atoms with Crippen molar-refractivity contribution < 1.29 is 9.18 Å². The first kappa shape index (κ1) is 18.3. The molecular formula is C21H25FN6O. The Morgan fingerprint density at radius 1 is 1.28 bits per heavy atom. The van der Waals surface area contributed by atoms with Crippen LogP contribution in [0.25, 0.3) is 22.7 Å². The zero-order valence-corrected chi connectivity index (χ0v) is 17.0. The molecule has 0 spiro atoms. The maximum atomic E-state index is 14.5. The number of carbonyl (C=O) groups excluding carboxylic acids is 1. The number of imidazole rings is 1. The van der Waals surface area contributed by atoms with Gasteiger partial charge in [-0.3, -0.25) is 9.89 Å². The molecule has 29 heavy (non-hydrogen) atoms. The predicted molar refractivity (Wildman–Crippen MR) is 108 cm³/mol. The normalized spacial score (nSPS) is 19.6. The predicted octanol–water partition coefficient (Wildman–Crippen LogP) is 3.72. The monoisotopic (exact) mass is 396 g/mol. The van der Waals surface area contributed by atoms with Crippen molar-refractivity contribution in [3.63, 3.8) is 0 Å². The lowest BCUT2D eigenvalue weighted by Gasteiger charge is -2.35. The summed E-state index contributed by atoms with van der Waals surface area (Å²) in [5.41, 5.74) is 3.55. The number of nitrogens with zero attached hydrogens (tertiary/aromatic N) is 4. The molecule has 5 rings (SSSR count). The fourth-order valence-electron chi connectivity index (χ4n) is 4.35. The third kappa shape index (κ3) is 2.92. The van der Waals surface area contributed by atoms with E-state index >= 15 is 0 Å². The average Bonchev–Trinajstić information content (AvgIpc) is 3.26. The number of pyridine rings is 1. The third-order valence-corrected chi connectivity index (χ3v) is 6.43. The summed E-state index contributed by atoms with van der Waals surface area (Å²) >= 11 is 0. The van der Waals surface area contributed by atoms with Crippen molar-refractivity contribution in [2.75, 3.05) is 11.9 Å². The Bertz CT molecular complexity index is 1110. The van der Waals surface area contributed by atoms with Gasteiger partial charge in [-0.1, -0.05) is 13.8 Å². The number of aromatic nitrogens is 5. The van der Waals surface area contributed by atoms with Crippen molar-refractivity contribution in [2.24, 2.45) is 5.41 Å².